The molecule has 0 saturated carbocycles. The highest BCUT2D eigenvalue weighted by Crippen LogP contribution is 2.24. The minimum Gasteiger partial charge on any atom is -0.381 e. The molecule has 0 N–H and O–H groups in total. The molecule has 0 amide bonds. The molecule has 1 saturated heterocycles. The van der Waals surface area contributed by atoms with E-state index >= 15 is 0 Å². The van der Waals surface area contributed by atoms with Gasteiger partial charge >= 0.3 is 0 Å². The molecular formula is C8H12Cl2OS. The number of hydrogen-bond donors (Lipinski definition) is 0. The first kappa shape index (κ1) is 10.7. The van der Waals surface area contributed by atoms with Crippen LogP contribution in [0.15, 0.2) is 10.6 Å². The zero-order chi connectivity index (χ0) is 8.81. The summed E-state index contributed by atoms with van der Waals surface area (Å²) in [5.41, 5.74) is 1.44. The van der Waals surface area contributed by atoms with Crippen molar-refractivity contribution < 1.29 is 4.74 Å². The van der Waals surface area contributed by atoms with E-state index in [0.717, 1.165) is 36.8 Å². The average molecular weight is 227 g/mol. The molecule has 1 nitrogen and oxygen atoms in total. The second-order valence-electron chi connectivity index (χ2n) is 2.68. The molecule has 1 aliphatic rings. The fraction of sp³-hybridized carbons (Fsp3) is 0.750. The molecule has 0 aromatic heterocycles. The highest BCUT2D eigenvalue weighted by atomic mass is 35.5. The van der Waals surface area contributed by atoms with E-state index in [4.69, 9.17) is 27.9 Å². The van der Waals surface area contributed by atoms with Crippen molar-refractivity contribution in [2.75, 3.05) is 19.0 Å². The van der Waals surface area contributed by atoms with Crippen LogP contribution in [0.3, 0.4) is 0 Å². The van der Waals surface area contributed by atoms with Gasteiger partial charge in [-0.1, -0.05) is 23.2 Å². The number of hydrogen-bond acceptors (Lipinski definition) is 2. The first-order chi connectivity index (χ1) is 5.83. The fourth-order valence-corrected chi connectivity index (χ4v) is 2.43. The van der Waals surface area contributed by atoms with Crippen molar-refractivity contribution in [3.63, 3.8) is 0 Å². The summed E-state index contributed by atoms with van der Waals surface area (Å²) in [6.07, 6.45) is 2.27. The summed E-state index contributed by atoms with van der Waals surface area (Å²) in [6, 6.07) is 0. The van der Waals surface area contributed by atoms with E-state index in [2.05, 4.69) is 0 Å². The van der Waals surface area contributed by atoms with Gasteiger partial charge in [-0.05, 0) is 12.8 Å². The second kappa shape index (κ2) is 6.14. The summed E-state index contributed by atoms with van der Waals surface area (Å²) in [7, 11) is 0. The Kier molecular flexibility index (Phi) is 5.48. The Balaban J connectivity index is 2.13. The van der Waals surface area contributed by atoms with Gasteiger partial charge in [-0.3, -0.25) is 0 Å². The molecule has 0 bridgehead atoms. The summed E-state index contributed by atoms with van der Waals surface area (Å²) in [5, 5.41) is 1.43. The smallest absolute Gasteiger partial charge is 0.0476 e. The Morgan fingerprint density at radius 3 is 2.75 bits per heavy atom. The maximum Gasteiger partial charge on any atom is 0.0476 e. The van der Waals surface area contributed by atoms with E-state index < -0.39 is 0 Å². The van der Waals surface area contributed by atoms with Gasteiger partial charge in [0, 0.05) is 34.8 Å². The monoisotopic (exact) mass is 226 g/mol. The first-order valence-corrected chi connectivity index (χ1v) is 5.83. The van der Waals surface area contributed by atoms with Crippen LogP contribution in [0.2, 0.25) is 0 Å². The van der Waals surface area contributed by atoms with Crippen molar-refractivity contribution in [1.29, 1.82) is 0 Å². The van der Waals surface area contributed by atoms with Crippen LogP contribution in [0.1, 0.15) is 12.8 Å². The molecule has 1 fully saturated rings. The summed E-state index contributed by atoms with van der Waals surface area (Å²) < 4.78 is 5.25. The second-order valence-corrected chi connectivity index (χ2v) is 4.67. The molecule has 1 rings (SSSR count). The Morgan fingerprint density at radius 2 is 2.17 bits per heavy atom. The molecule has 0 spiro atoms. The predicted octanol–water partition coefficient (Wildman–Crippen LogP) is 3.22. The molecule has 0 atom stereocenters. The van der Waals surface area contributed by atoms with Crippen LogP contribution in [0.4, 0.5) is 0 Å². The number of thioether (sulfide) groups is 1. The van der Waals surface area contributed by atoms with Gasteiger partial charge in [-0.25, -0.2) is 0 Å². The molecule has 12 heavy (non-hydrogen) atoms. The Hall–Kier alpha value is 0.630. The maximum absolute atomic E-state index is 5.76. The molecule has 0 aromatic rings. The van der Waals surface area contributed by atoms with Crippen molar-refractivity contribution in [3.05, 3.63) is 10.6 Å². The van der Waals surface area contributed by atoms with E-state index in [0.29, 0.717) is 5.25 Å². The Labute approximate surface area is 87.4 Å². The minimum absolute atomic E-state index is 0.698. The maximum atomic E-state index is 5.76. The van der Waals surface area contributed by atoms with Gasteiger partial charge in [0.2, 0.25) is 0 Å². The molecule has 0 radical (unpaired) electrons. The van der Waals surface area contributed by atoms with E-state index in [1.54, 1.807) is 0 Å². The first-order valence-electron chi connectivity index (χ1n) is 3.97. The average Bonchev–Trinajstić information content (AvgIpc) is 2.16. The summed E-state index contributed by atoms with van der Waals surface area (Å²) in [5.74, 6) is 0.829. The van der Waals surface area contributed by atoms with Crippen LogP contribution in [0.5, 0.6) is 0 Å². The molecule has 0 aliphatic carbocycles. The summed E-state index contributed by atoms with van der Waals surface area (Å²) >= 11 is 13.1. The van der Waals surface area contributed by atoms with Gasteiger partial charge in [-0.2, -0.15) is 11.8 Å². The molecule has 1 heterocycles. The lowest BCUT2D eigenvalue weighted by Crippen LogP contribution is -2.17. The van der Waals surface area contributed by atoms with Gasteiger partial charge < -0.3 is 4.74 Å². The van der Waals surface area contributed by atoms with Gasteiger partial charge in [0.1, 0.15) is 0 Å². The zero-order valence-electron chi connectivity index (χ0n) is 6.76. The van der Waals surface area contributed by atoms with Crippen molar-refractivity contribution in [3.8, 4) is 0 Å². The molecule has 0 aromatic carbocycles. The molecule has 1 aliphatic heterocycles. The van der Waals surface area contributed by atoms with Crippen molar-refractivity contribution >= 4 is 35.0 Å². The highest BCUT2D eigenvalue weighted by Gasteiger charge is 2.13. The van der Waals surface area contributed by atoms with Crippen molar-refractivity contribution in [2.24, 2.45) is 0 Å². The standard InChI is InChI=1S/C8H12Cl2OS/c9-5-7(10)6-12-8-1-3-11-4-2-8/h5,8H,1-4,6H2/b7-5+. The number of halogens is 2. The quantitative estimate of drug-likeness (QED) is 0.732. The molecule has 0 unspecified atom stereocenters. The third-order valence-corrected chi connectivity index (χ3v) is 3.94. The molecule has 4 heteroatoms. The van der Waals surface area contributed by atoms with Crippen LogP contribution < -0.4 is 0 Å². The van der Waals surface area contributed by atoms with Crippen molar-refractivity contribution in [1.82, 2.24) is 0 Å². The SMILES string of the molecule is Cl/C=C(/Cl)CSC1CCOCC1. The van der Waals surface area contributed by atoms with Crippen LogP contribution in [0.25, 0.3) is 0 Å². The lowest BCUT2D eigenvalue weighted by Gasteiger charge is -2.21. The zero-order valence-corrected chi connectivity index (χ0v) is 9.09. The van der Waals surface area contributed by atoms with Gasteiger partial charge in [-0.15, -0.1) is 0 Å². The molecular weight excluding hydrogens is 215 g/mol. The normalized spacial score (nSPS) is 21.3. The van der Waals surface area contributed by atoms with Gasteiger partial charge in [0.25, 0.3) is 0 Å². The summed E-state index contributed by atoms with van der Waals surface area (Å²) in [4.78, 5) is 0. The van der Waals surface area contributed by atoms with Crippen LogP contribution in [-0.4, -0.2) is 24.2 Å². The van der Waals surface area contributed by atoms with Gasteiger partial charge in [0.15, 0.2) is 0 Å². The molecule has 70 valence electrons. The van der Waals surface area contributed by atoms with Crippen LogP contribution in [0, 0.1) is 0 Å². The number of ether oxygens (including phenoxy) is 1. The largest absolute Gasteiger partial charge is 0.381 e. The topological polar surface area (TPSA) is 9.23 Å². The minimum atomic E-state index is 0.698. The Morgan fingerprint density at radius 1 is 1.50 bits per heavy atom. The van der Waals surface area contributed by atoms with Crippen molar-refractivity contribution in [2.45, 2.75) is 18.1 Å². The number of rotatable bonds is 3. The third kappa shape index (κ3) is 4.04. The van der Waals surface area contributed by atoms with E-state index in [-0.39, 0.29) is 0 Å². The third-order valence-electron chi connectivity index (χ3n) is 1.74. The lowest BCUT2D eigenvalue weighted by molar-refractivity contribution is 0.100. The highest BCUT2D eigenvalue weighted by molar-refractivity contribution is 8.00. The lowest BCUT2D eigenvalue weighted by atomic mass is 10.2. The predicted molar refractivity (Wildman–Crippen MR) is 56.1 cm³/mol. The van der Waals surface area contributed by atoms with E-state index in [1.165, 1.54) is 5.54 Å². The van der Waals surface area contributed by atoms with Gasteiger partial charge in [0.05, 0.1) is 0 Å². The van der Waals surface area contributed by atoms with E-state index in [1.807, 2.05) is 11.8 Å². The summed E-state index contributed by atoms with van der Waals surface area (Å²) in [6.45, 7) is 1.78. The van der Waals surface area contributed by atoms with Crippen LogP contribution in [-0.2, 0) is 4.74 Å². The van der Waals surface area contributed by atoms with Crippen LogP contribution >= 0.6 is 35.0 Å². The van der Waals surface area contributed by atoms with E-state index in [9.17, 15) is 0 Å². The fourth-order valence-electron chi connectivity index (χ4n) is 1.07. The Bertz CT molecular complexity index is 155.